The number of hydrogen-bond acceptors (Lipinski definition) is 5. The summed E-state index contributed by atoms with van der Waals surface area (Å²) in [6, 6.07) is -0.549. The van der Waals surface area contributed by atoms with Crippen LogP contribution in [0.4, 0.5) is 0 Å². The van der Waals surface area contributed by atoms with Crippen molar-refractivity contribution in [3.05, 3.63) is 24.3 Å². The van der Waals surface area contributed by atoms with E-state index in [2.05, 4.69) is 43.5 Å². The zero-order valence-corrected chi connectivity index (χ0v) is 45.1. The largest absolute Gasteiger partial charge is 0.466 e. The van der Waals surface area contributed by atoms with Gasteiger partial charge in [0.25, 0.3) is 0 Å². The van der Waals surface area contributed by atoms with Crippen molar-refractivity contribution in [2.45, 2.75) is 341 Å². The molecule has 0 bridgehead atoms. The van der Waals surface area contributed by atoms with Crippen LogP contribution in [-0.4, -0.2) is 47.4 Å². The van der Waals surface area contributed by atoms with E-state index >= 15 is 0 Å². The number of esters is 1. The fraction of sp³-hybridized carbons (Fsp3) is 0.902. The van der Waals surface area contributed by atoms with Gasteiger partial charge in [-0.05, 0) is 57.8 Å². The number of aliphatic hydroxyl groups excluding tert-OH is 2. The van der Waals surface area contributed by atoms with Gasteiger partial charge in [-0.1, -0.05) is 282 Å². The van der Waals surface area contributed by atoms with Crippen molar-refractivity contribution in [3.8, 4) is 0 Å². The third kappa shape index (κ3) is 53.5. The van der Waals surface area contributed by atoms with Gasteiger partial charge in [0, 0.05) is 12.8 Å². The van der Waals surface area contributed by atoms with E-state index in [9.17, 15) is 19.8 Å². The highest BCUT2D eigenvalue weighted by molar-refractivity contribution is 5.76. The summed E-state index contributed by atoms with van der Waals surface area (Å²) in [5.74, 6) is -0.0527. The number of ether oxygens (including phenoxy) is 1. The van der Waals surface area contributed by atoms with Crippen LogP contribution in [0.5, 0.6) is 0 Å². The molecular weight excluding hydrogens is 827 g/mol. The maximum Gasteiger partial charge on any atom is 0.305 e. The summed E-state index contributed by atoms with van der Waals surface area (Å²) in [5, 5.41) is 23.3. The van der Waals surface area contributed by atoms with Crippen LogP contribution in [0.15, 0.2) is 24.3 Å². The predicted molar refractivity (Wildman–Crippen MR) is 292 cm³/mol. The molecule has 2 unspecified atom stereocenters. The van der Waals surface area contributed by atoms with E-state index < -0.39 is 12.1 Å². The van der Waals surface area contributed by atoms with Crippen molar-refractivity contribution >= 4 is 11.9 Å². The lowest BCUT2D eigenvalue weighted by Gasteiger charge is -2.22. The fourth-order valence-electron chi connectivity index (χ4n) is 9.40. The average Bonchev–Trinajstić information content (AvgIpc) is 3.33. The summed E-state index contributed by atoms with van der Waals surface area (Å²) in [6.07, 6.45) is 68.9. The lowest BCUT2D eigenvalue weighted by molar-refractivity contribution is -0.143. The molecule has 396 valence electrons. The second-order valence-electron chi connectivity index (χ2n) is 20.7. The van der Waals surface area contributed by atoms with Gasteiger partial charge < -0.3 is 20.3 Å². The second-order valence-corrected chi connectivity index (χ2v) is 20.7. The molecule has 6 heteroatoms. The Morgan fingerprint density at radius 3 is 1.10 bits per heavy atom. The van der Waals surface area contributed by atoms with Crippen LogP contribution in [0.1, 0.15) is 328 Å². The van der Waals surface area contributed by atoms with Gasteiger partial charge in [0.1, 0.15) is 0 Å². The van der Waals surface area contributed by atoms with Crippen LogP contribution in [0.3, 0.4) is 0 Å². The summed E-state index contributed by atoms with van der Waals surface area (Å²) < 4.78 is 5.46. The number of amides is 1. The van der Waals surface area contributed by atoms with Crippen LogP contribution < -0.4 is 5.32 Å². The minimum Gasteiger partial charge on any atom is -0.466 e. The summed E-state index contributed by atoms with van der Waals surface area (Å²) in [5.41, 5.74) is 0. The van der Waals surface area contributed by atoms with Gasteiger partial charge in [0.05, 0.1) is 25.4 Å². The molecule has 0 rings (SSSR count). The number of allylic oxidation sites excluding steroid dienone is 4. The predicted octanol–water partition coefficient (Wildman–Crippen LogP) is 18.6. The van der Waals surface area contributed by atoms with Crippen molar-refractivity contribution in [1.29, 1.82) is 0 Å². The lowest BCUT2D eigenvalue weighted by Crippen LogP contribution is -2.45. The average molecular weight is 945 g/mol. The number of hydrogen-bond donors (Lipinski definition) is 3. The molecule has 0 spiro atoms. The molecule has 6 nitrogen and oxygen atoms in total. The van der Waals surface area contributed by atoms with Crippen molar-refractivity contribution in [1.82, 2.24) is 5.32 Å². The van der Waals surface area contributed by atoms with Gasteiger partial charge in [-0.25, -0.2) is 0 Å². The quantitative estimate of drug-likeness (QED) is 0.0321. The van der Waals surface area contributed by atoms with Crippen molar-refractivity contribution < 1.29 is 24.5 Å². The van der Waals surface area contributed by atoms with Crippen molar-refractivity contribution in [3.63, 3.8) is 0 Å². The minimum absolute atomic E-state index is 0.00951. The molecule has 67 heavy (non-hydrogen) atoms. The molecule has 1 amide bonds. The van der Waals surface area contributed by atoms with E-state index in [0.29, 0.717) is 25.9 Å². The maximum atomic E-state index is 12.5. The molecule has 3 N–H and O–H groups in total. The molecule has 0 aromatic carbocycles. The first-order valence-corrected chi connectivity index (χ1v) is 30.1. The second kappa shape index (κ2) is 56.9. The highest BCUT2D eigenvalue weighted by Crippen LogP contribution is 2.17. The van der Waals surface area contributed by atoms with Gasteiger partial charge in [-0.3, -0.25) is 9.59 Å². The monoisotopic (exact) mass is 944 g/mol. The Hall–Kier alpha value is -1.66. The topological polar surface area (TPSA) is 95.9 Å². The Morgan fingerprint density at radius 2 is 0.731 bits per heavy atom. The minimum atomic E-state index is -0.670. The summed E-state index contributed by atoms with van der Waals surface area (Å²) >= 11 is 0. The van der Waals surface area contributed by atoms with Gasteiger partial charge >= 0.3 is 5.97 Å². The highest BCUT2D eigenvalue weighted by atomic mass is 16.5. The first kappa shape index (κ1) is 65.3. The number of carbonyl (C=O) groups is 2. The molecule has 0 radical (unpaired) electrons. The third-order valence-electron chi connectivity index (χ3n) is 14.0. The van der Waals surface area contributed by atoms with Crippen LogP contribution in [0.2, 0.25) is 0 Å². The van der Waals surface area contributed by atoms with Gasteiger partial charge in [-0.15, -0.1) is 0 Å². The molecule has 0 aliphatic carbocycles. The number of carbonyl (C=O) groups excluding carboxylic acids is 2. The number of nitrogens with one attached hydrogen (secondary N) is 1. The van der Waals surface area contributed by atoms with Crippen LogP contribution in [-0.2, 0) is 14.3 Å². The first-order valence-electron chi connectivity index (χ1n) is 30.1. The van der Waals surface area contributed by atoms with E-state index in [1.165, 1.54) is 225 Å². The first-order chi connectivity index (χ1) is 33.0. The Labute approximate surface area is 418 Å². The van der Waals surface area contributed by atoms with E-state index in [4.69, 9.17) is 4.74 Å². The van der Waals surface area contributed by atoms with E-state index in [1.807, 2.05) is 0 Å². The van der Waals surface area contributed by atoms with Gasteiger partial charge in [-0.2, -0.15) is 0 Å². The Morgan fingerprint density at radius 1 is 0.418 bits per heavy atom. The third-order valence-corrected chi connectivity index (χ3v) is 14.0. The normalized spacial score (nSPS) is 12.7. The molecule has 0 saturated heterocycles. The molecular formula is C61H117NO5. The van der Waals surface area contributed by atoms with Crippen LogP contribution >= 0.6 is 0 Å². The number of aliphatic hydroxyl groups is 2. The smallest absolute Gasteiger partial charge is 0.305 e. The molecule has 0 aliphatic rings. The van der Waals surface area contributed by atoms with E-state index in [-0.39, 0.29) is 18.5 Å². The fourth-order valence-corrected chi connectivity index (χ4v) is 9.40. The SMILES string of the molecule is CCCCCCCCCCCCCCCCCCC(=O)OCCCCC/C=C\C=C/CCCCCCCCCCCCC(=O)NC(CO)C(O)CCCCCCCCCCCCCCCCC. The number of rotatable bonds is 56. The Balaban J connectivity index is 3.46. The van der Waals surface area contributed by atoms with Crippen LogP contribution in [0.25, 0.3) is 0 Å². The maximum absolute atomic E-state index is 12.5. The molecule has 2 atom stereocenters. The van der Waals surface area contributed by atoms with E-state index in [0.717, 1.165) is 70.6 Å². The number of unbranched alkanes of at least 4 members (excludes halogenated alkanes) is 42. The summed E-state index contributed by atoms with van der Waals surface area (Å²) in [6.45, 7) is 4.93. The van der Waals surface area contributed by atoms with Crippen molar-refractivity contribution in [2.24, 2.45) is 0 Å². The van der Waals surface area contributed by atoms with Gasteiger partial charge in [0.15, 0.2) is 0 Å². The lowest BCUT2D eigenvalue weighted by atomic mass is 10.0. The molecule has 0 heterocycles. The summed E-state index contributed by atoms with van der Waals surface area (Å²) in [4.78, 5) is 24.5. The zero-order valence-electron chi connectivity index (χ0n) is 45.1. The molecule has 0 aromatic rings. The molecule has 0 aliphatic heterocycles. The van der Waals surface area contributed by atoms with Gasteiger partial charge in [0.2, 0.25) is 5.91 Å². The van der Waals surface area contributed by atoms with Crippen molar-refractivity contribution in [2.75, 3.05) is 13.2 Å². The van der Waals surface area contributed by atoms with E-state index in [1.54, 1.807) is 0 Å². The molecule has 0 fully saturated rings. The Bertz CT molecular complexity index is 1040. The molecule has 0 saturated carbocycles. The molecule has 0 aromatic heterocycles. The highest BCUT2D eigenvalue weighted by Gasteiger charge is 2.20. The van der Waals surface area contributed by atoms with Crippen LogP contribution in [0, 0.1) is 0 Å². The zero-order chi connectivity index (χ0) is 48.6. The summed E-state index contributed by atoms with van der Waals surface area (Å²) in [7, 11) is 0. The Kier molecular flexibility index (Phi) is 55.5. The standard InChI is InChI=1S/C61H117NO5/c1-3-5-7-9-11-13-15-17-19-27-31-35-39-43-47-51-55-61(66)67-56-52-48-44-40-36-32-28-24-22-20-21-23-26-30-34-38-42-46-50-54-60(65)62-58(57-63)59(64)53-49-45-41-37-33-29-25-18-16-14-12-10-8-6-4-2/h24,28,32,36,58-59,63-64H,3-23,25-27,29-31,33-35,37-57H2,1-2H3,(H,62,65)/b28-24-,36-32-.